The molecule has 0 unspecified atom stereocenters. The van der Waals surface area contributed by atoms with E-state index in [0.29, 0.717) is 38.3 Å². The lowest BCUT2D eigenvalue weighted by molar-refractivity contribution is -0.131. The predicted octanol–water partition coefficient (Wildman–Crippen LogP) is 4.49. The highest BCUT2D eigenvalue weighted by atomic mass is 19.1. The van der Waals surface area contributed by atoms with Crippen LogP contribution in [0.2, 0.25) is 0 Å². The van der Waals surface area contributed by atoms with E-state index in [9.17, 15) is 18.4 Å². The average Bonchev–Trinajstić information content (AvgIpc) is 3.22. The van der Waals surface area contributed by atoms with Gasteiger partial charge in [-0.15, -0.1) is 0 Å². The highest BCUT2D eigenvalue weighted by Crippen LogP contribution is 2.24. The summed E-state index contributed by atoms with van der Waals surface area (Å²) in [4.78, 5) is 29.3. The van der Waals surface area contributed by atoms with Crippen LogP contribution in [0.5, 0.6) is 0 Å². The molecule has 1 fully saturated rings. The first-order valence-electron chi connectivity index (χ1n) is 11.6. The molecule has 0 saturated carbocycles. The highest BCUT2D eigenvalue weighted by Gasteiger charge is 2.25. The van der Waals surface area contributed by atoms with E-state index in [-0.39, 0.29) is 29.9 Å². The molecule has 1 aromatic heterocycles. The summed E-state index contributed by atoms with van der Waals surface area (Å²) in [7, 11) is 0. The third-order valence-electron chi connectivity index (χ3n) is 6.49. The van der Waals surface area contributed by atoms with Gasteiger partial charge in [-0.2, -0.15) is 0 Å². The summed E-state index contributed by atoms with van der Waals surface area (Å²) < 4.78 is 28.5. The number of nitrogens with zero attached hydrogens (tertiary/aromatic N) is 3. The summed E-state index contributed by atoms with van der Waals surface area (Å²) in [6.45, 7) is 2.38. The van der Waals surface area contributed by atoms with Gasteiger partial charge in [0.1, 0.15) is 11.6 Å². The number of hydrogen-bond acceptors (Lipinski definition) is 2. The number of para-hydroxylation sites is 1. The zero-order valence-corrected chi connectivity index (χ0v) is 19.2. The van der Waals surface area contributed by atoms with Gasteiger partial charge in [-0.3, -0.25) is 9.59 Å². The largest absolute Gasteiger partial charge is 0.343 e. The SMILES string of the molecule is O=C(Cc1cn(Cc2ccc(F)cc2)c2ccccc12)N1CCN(C(=O)c2ccc(F)cc2)CC1. The van der Waals surface area contributed by atoms with E-state index in [1.54, 1.807) is 21.9 Å². The van der Waals surface area contributed by atoms with Gasteiger partial charge in [0.25, 0.3) is 5.91 Å². The molecule has 0 atom stereocenters. The first kappa shape index (κ1) is 22.8. The summed E-state index contributed by atoms with van der Waals surface area (Å²) in [6.07, 6.45) is 2.27. The maximum absolute atomic E-state index is 13.3. The van der Waals surface area contributed by atoms with Crippen molar-refractivity contribution < 1.29 is 18.4 Å². The number of halogens is 2. The summed E-state index contributed by atoms with van der Waals surface area (Å²) in [6, 6.07) is 19.9. The van der Waals surface area contributed by atoms with Gasteiger partial charge < -0.3 is 14.4 Å². The Labute approximate surface area is 202 Å². The molecule has 1 aliphatic rings. The minimum absolute atomic E-state index is 0.0172. The Morgan fingerprint density at radius 2 is 1.34 bits per heavy atom. The van der Waals surface area contributed by atoms with E-state index in [1.165, 1.54) is 36.4 Å². The Balaban J connectivity index is 1.26. The molecule has 178 valence electrons. The minimum Gasteiger partial charge on any atom is -0.343 e. The molecule has 0 aliphatic carbocycles. The summed E-state index contributed by atoms with van der Waals surface area (Å²) in [5.74, 6) is -0.780. The van der Waals surface area contributed by atoms with E-state index in [4.69, 9.17) is 0 Å². The molecule has 2 amide bonds. The molecule has 1 saturated heterocycles. The van der Waals surface area contributed by atoms with Gasteiger partial charge in [0.2, 0.25) is 5.91 Å². The molecule has 0 bridgehead atoms. The number of fused-ring (bicyclic) bond motifs is 1. The van der Waals surface area contributed by atoms with E-state index >= 15 is 0 Å². The zero-order valence-electron chi connectivity index (χ0n) is 19.2. The summed E-state index contributed by atoms with van der Waals surface area (Å²) in [5.41, 5.74) is 3.39. The maximum Gasteiger partial charge on any atom is 0.253 e. The first-order chi connectivity index (χ1) is 17.0. The lowest BCUT2D eigenvalue weighted by atomic mass is 10.1. The molecule has 1 aliphatic heterocycles. The van der Waals surface area contributed by atoms with Crippen molar-refractivity contribution in [1.82, 2.24) is 14.4 Å². The Morgan fingerprint density at radius 1 is 0.743 bits per heavy atom. The van der Waals surface area contributed by atoms with Crippen LogP contribution in [0.4, 0.5) is 8.78 Å². The van der Waals surface area contributed by atoms with Crippen LogP contribution in [0.15, 0.2) is 79.0 Å². The molecule has 4 aromatic rings. The van der Waals surface area contributed by atoms with Crippen molar-refractivity contribution in [3.8, 4) is 0 Å². The second-order valence-corrected chi connectivity index (χ2v) is 8.78. The van der Waals surface area contributed by atoms with Gasteiger partial charge in [-0.25, -0.2) is 8.78 Å². The molecule has 5 nitrogen and oxygen atoms in total. The van der Waals surface area contributed by atoms with Crippen LogP contribution in [-0.4, -0.2) is 52.4 Å². The predicted molar refractivity (Wildman–Crippen MR) is 130 cm³/mol. The summed E-state index contributed by atoms with van der Waals surface area (Å²) in [5, 5.41) is 1.02. The van der Waals surface area contributed by atoms with Crippen molar-refractivity contribution in [2.24, 2.45) is 0 Å². The van der Waals surface area contributed by atoms with Crippen molar-refractivity contribution in [1.29, 1.82) is 0 Å². The second-order valence-electron chi connectivity index (χ2n) is 8.78. The van der Waals surface area contributed by atoms with Gasteiger partial charge >= 0.3 is 0 Å². The van der Waals surface area contributed by atoms with Gasteiger partial charge in [0, 0.05) is 55.4 Å². The number of hydrogen-bond donors (Lipinski definition) is 0. The second kappa shape index (κ2) is 9.70. The van der Waals surface area contributed by atoms with Crippen molar-refractivity contribution in [2.75, 3.05) is 26.2 Å². The zero-order chi connectivity index (χ0) is 24.4. The van der Waals surface area contributed by atoms with E-state index in [0.717, 1.165) is 22.0 Å². The van der Waals surface area contributed by atoms with Gasteiger partial charge in [-0.1, -0.05) is 30.3 Å². The minimum atomic E-state index is -0.379. The van der Waals surface area contributed by atoms with Crippen molar-refractivity contribution in [3.05, 3.63) is 107 Å². The Hall–Kier alpha value is -4.00. The van der Waals surface area contributed by atoms with Crippen LogP contribution in [0, 0.1) is 11.6 Å². The molecular formula is C28H25F2N3O2. The maximum atomic E-state index is 13.3. The topological polar surface area (TPSA) is 45.6 Å². The molecule has 5 rings (SSSR count). The number of carbonyl (C=O) groups excluding carboxylic acids is 2. The Morgan fingerprint density at radius 3 is 2.03 bits per heavy atom. The normalized spacial score (nSPS) is 13.9. The number of amides is 2. The molecular weight excluding hydrogens is 448 g/mol. The molecule has 0 spiro atoms. The van der Waals surface area contributed by atoms with Crippen LogP contribution in [-0.2, 0) is 17.8 Å². The third kappa shape index (κ3) is 4.94. The number of carbonyl (C=O) groups is 2. The van der Waals surface area contributed by atoms with Gasteiger partial charge in [-0.05, 0) is 53.6 Å². The quantitative estimate of drug-likeness (QED) is 0.429. The molecule has 35 heavy (non-hydrogen) atoms. The first-order valence-corrected chi connectivity index (χ1v) is 11.6. The fourth-order valence-corrected chi connectivity index (χ4v) is 4.59. The molecule has 0 N–H and O–H groups in total. The molecule has 0 radical (unpaired) electrons. The van der Waals surface area contributed by atoms with Crippen LogP contribution >= 0.6 is 0 Å². The van der Waals surface area contributed by atoms with E-state index in [1.807, 2.05) is 30.5 Å². The van der Waals surface area contributed by atoms with Gasteiger partial charge in [0.15, 0.2) is 0 Å². The van der Waals surface area contributed by atoms with Crippen molar-refractivity contribution in [2.45, 2.75) is 13.0 Å². The third-order valence-corrected chi connectivity index (χ3v) is 6.49. The van der Waals surface area contributed by atoms with Gasteiger partial charge in [0.05, 0.1) is 6.42 Å². The monoisotopic (exact) mass is 473 g/mol. The summed E-state index contributed by atoms with van der Waals surface area (Å²) >= 11 is 0. The molecule has 2 heterocycles. The number of benzene rings is 3. The highest BCUT2D eigenvalue weighted by molar-refractivity contribution is 5.94. The van der Waals surface area contributed by atoms with Crippen LogP contribution in [0.25, 0.3) is 10.9 Å². The Kier molecular flexibility index (Phi) is 6.31. The number of piperazine rings is 1. The van der Waals surface area contributed by atoms with Crippen LogP contribution < -0.4 is 0 Å². The molecule has 3 aromatic carbocycles. The lowest BCUT2D eigenvalue weighted by Crippen LogP contribution is -2.51. The van der Waals surface area contributed by atoms with Crippen LogP contribution in [0.1, 0.15) is 21.5 Å². The van der Waals surface area contributed by atoms with Crippen molar-refractivity contribution >= 4 is 22.7 Å². The van der Waals surface area contributed by atoms with Crippen LogP contribution in [0.3, 0.4) is 0 Å². The van der Waals surface area contributed by atoms with Crippen molar-refractivity contribution in [3.63, 3.8) is 0 Å². The average molecular weight is 474 g/mol. The number of aromatic nitrogens is 1. The fraction of sp³-hybridized carbons (Fsp3) is 0.214. The smallest absolute Gasteiger partial charge is 0.253 e. The van der Waals surface area contributed by atoms with E-state index < -0.39 is 0 Å². The standard InChI is InChI=1S/C28H25F2N3O2/c29-23-9-5-20(6-10-23)18-33-19-22(25-3-1-2-4-26(25)33)17-27(34)31-13-15-32(16-14-31)28(35)21-7-11-24(30)12-8-21/h1-12,19H,13-18H2. The fourth-order valence-electron chi connectivity index (χ4n) is 4.59. The lowest BCUT2D eigenvalue weighted by Gasteiger charge is -2.35. The Bertz CT molecular complexity index is 1360. The molecule has 7 heteroatoms. The van der Waals surface area contributed by atoms with E-state index in [2.05, 4.69) is 4.57 Å². The number of rotatable bonds is 5.